The van der Waals surface area contributed by atoms with E-state index in [2.05, 4.69) is 20.1 Å². The molecule has 3 aromatic rings. The molecule has 0 aliphatic carbocycles. The number of hydrogen-bond acceptors (Lipinski definition) is 8. The molecule has 148 valence electrons. The molecule has 1 unspecified atom stereocenters. The Labute approximate surface area is 163 Å². The standard InChI is InChI=1S/C17H18F2N6O2S/c1-7-4-21-9(8(2)12(7)27-3)5-25-14-11-13(24-25)17(18,19)10(26)6-28-15(11)23-16(20)22-14/h4,10,26H,5-6H2,1-3H3,(H2,20,22,23). The Balaban J connectivity index is 1.92. The number of halogens is 2. The molecule has 4 heterocycles. The number of thioether (sulfide) groups is 1. The minimum atomic E-state index is -3.53. The van der Waals surface area contributed by atoms with Gasteiger partial charge in [-0.2, -0.15) is 18.9 Å². The summed E-state index contributed by atoms with van der Waals surface area (Å²) in [6, 6.07) is 0. The van der Waals surface area contributed by atoms with Crippen LogP contribution in [0.3, 0.4) is 0 Å². The van der Waals surface area contributed by atoms with E-state index in [9.17, 15) is 13.9 Å². The average Bonchev–Trinajstić information content (AvgIpc) is 2.97. The van der Waals surface area contributed by atoms with E-state index in [1.165, 1.54) is 4.68 Å². The zero-order chi connectivity index (χ0) is 20.2. The van der Waals surface area contributed by atoms with Gasteiger partial charge < -0.3 is 15.6 Å². The summed E-state index contributed by atoms with van der Waals surface area (Å²) in [5, 5.41) is 14.4. The van der Waals surface area contributed by atoms with Crippen molar-refractivity contribution >= 4 is 28.7 Å². The van der Waals surface area contributed by atoms with Gasteiger partial charge in [-0.25, -0.2) is 9.67 Å². The van der Waals surface area contributed by atoms with Crippen LogP contribution >= 0.6 is 11.8 Å². The second-order valence-corrected chi connectivity index (χ2v) is 7.60. The third kappa shape index (κ3) is 2.76. The number of nitrogens with two attached hydrogens (primary N) is 1. The molecule has 8 nitrogen and oxygen atoms in total. The zero-order valence-electron chi connectivity index (χ0n) is 15.4. The van der Waals surface area contributed by atoms with Gasteiger partial charge in [0.2, 0.25) is 5.95 Å². The predicted molar refractivity (Wildman–Crippen MR) is 99.7 cm³/mol. The number of ether oxygens (including phenoxy) is 1. The lowest BCUT2D eigenvalue weighted by Crippen LogP contribution is -2.32. The molecule has 0 fully saturated rings. The van der Waals surface area contributed by atoms with E-state index in [-0.39, 0.29) is 34.3 Å². The minimum Gasteiger partial charge on any atom is -0.496 e. The van der Waals surface area contributed by atoms with Crippen molar-refractivity contribution < 1.29 is 18.6 Å². The van der Waals surface area contributed by atoms with Crippen LogP contribution in [0.25, 0.3) is 11.0 Å². The van der Waals surface area contributed by atoms with Crippen LogP contribution < -0.4 is 10.5 Å². The molecule has 1 aliphatic rings. The molecule has 0 aromatic carbocycles. The third-order valence-electron chi connectivity index (χ3n) is 4.74. The van der Waals surface area contributed by atoms with Crippen LogP contribution in [0.1, 0.15) is 22.5 Å². The van der Waals surface area contributed by atoms with Gasteiger partial charge in [-0.05, 0) is 13.8 Å². The third-order valence-corrected chi connectivity index (χ3v) is 5.79. The molecule has 1 aliphatic heterocycles. The lowest BCUT2D eigenvalue weighted by molar-refractivity contribution is -0.106. The summed E-state index contributed by atoms with van der Waals surface area (Å²) in [7, 11) is 1.56. The Hall–Kier alpha value is -2.53. The molecule has 0 radical (unpaired) electrons. The van der Waals surface area contributed by atoms with Crippen molar-refractivity contribution in [1.29, 1.82) is 0 Å². The van der Waals surface area contributed by atoms with E-state index in [0.29, 0.717) is 11.4 Å². The van der Waals surface area contributed by atoms with Crippen molar-refractivity contribution in [1.82, 2.24) is 24.7 Å². The highest BCUT2D eigenvalue weighted by molar-refractivity contribution is 7.99. The van der Waals surface area contributed by atoms with E-state index in [0.717, 1.165) is 22.9 Å². The maximum atomic E-state index is 14.8. The first kappa shape index (κ1) is 18.8. The average molecular weight is 408 g/mol. The normalized spacial score (nSPS) is 18.3. The Morgan fingerprint density at radius 2 is 2.14 bits per heavy atom. The zero-order valence-corrected chi connectivity index (χ0v) is 16.2. The predicted octanol–water partition coefficient (Wildman–Crippen LogP) is 2.04. The van der Waals surface area contributed by atoms with Gasteiger partial charge in [0.1, 0.15) is 22.6 Å². The van der Waals surface area contributed by atoms with Crippen molar-refractivity contribution in [3.8, 4) is 5.75 Å². The van der Waals surface area contributed by atoms with Gasteiger partial charge in [0.15, 0.2) is 5.65 Å². The van der Waals surface area contributed by atoms with Gasteiger partial charge >= 0.3 is 5.92 Å². The maximum Gasteiger partial charge on any atom is 0.318 e. The summed E-state index contributed by atoms with van der Waals surface area (Å²) < 4.78 is 36.2. The summed E-state index contributed by atoms with van der Waals surface area (Å²) in [5.41, 5.74) is 7.66. The molecule has 3 N–H and O–H groups in total. The second kappa shape index (κ2) is 6.52. The summed E-state index contributed by atoms with van der Waals surface area (Å²) in [5.74, 6) is -3.12. The van der Waals surface area contributed by atoms with Crippen LogP contribution in [0.15, 0.2) is 11.2 Å². The smallest absolute Gasteiger partial charge is 0.318 e. The van der Waals surface area contributed by atoms with Gasteiger partial charge in [-0.3, -0.25) is 4.98 Å². The van der Waals surface area contributed by atoms with Crippen LogP contribution in [-0.4, -0.2) is 48.8 Å². The van der Waals surface area contributed by atoms with E-state index in [1.54, 1.807) is 13.3 Å². The number of aliphatic hydroxyl groups is 1. The lowest BCUT2D eigenvalue weighted by atomic mass is 10.1. The number of nitrogens with zero attached hydrogens (tertiary/aromatic N) is 5. The number of anilines is 1. The van der Waals surface area contributed by atoms with Crippen LogP contribution in [-0.2, 0) is 12.5 Å². The SMILES string of the molecule is COc1c(C)cnc(Cn2nc3c4c(nc(N)nc42)SCC(O)C3(F)F)c1C. The Kier molecular flexibility index (Phi) is 4.38. The van der Waals surface area contributed by atoms with Crippen LogP contribution in [0.2, 0.25) is 0 Å². The number of pyridine rings is 1. The van der Waals surface area contributed by atoms with E-state index < -0.39 is 17.7 Å². The molecular formula is C17H18F2N6O2S. The second-order valence-electron chi connectivity index (χ2n) is 6.59. The summed E-state index contributed by atoms with van der Waals surface area (Å²) in [6.45, 7) is 3.80. The molecule has 28 heavy (non-hydrogen) atoms. The van der Waals surface area contributed by atoms with Crippen LogP contribution in [0.5, 0.6) is 5.75 Å². The highest BCUT2D eigenvalue weighted by Gasteiger charge is 2.47. The van der Waals surface area contributed by atoms with Crippen molar-refractivity contribution in [2.45, 2.75) is 37.4 Å². The van der Waals surface area contributed by atoms with Crippen molar-refractivity contribution in [3.63, 3.8) is 0 Å². The monoisotopic (exact) mass is 408 g/mol. The number of nitrogen functional groups attached to an aromatic ring is 1. The first-order valence-electron chi connectivity index (χ1n) is 8.46. The fourth-order valence-corrected chi connectivity index (χ4v) is 4.31. The minimum absolute atomic E-state index is 0.0476. The fraction of sp³-hybridized carbons (Fsp3) is 0.412. The van der Waals surface area contributed by atoms with Crippen molar-refractivity contribution in [2.24, 2.45) is 0 Å². The topological polar surface area (TPSA) is 112 Å². The van der Waals surface area contributed by atoms with Crippen molar-refractivity contribution in [3.05, 3.63) is 28.7 Å². The molecule has 4 rings (SSSR count). The highest BCUT2D eigenvalue weighted by Crippen LogP contribution is 2.43. The molecule has 1 atom stereocenters. The van der Waals surface area contributed by atoms with Gasteiger partial charge in [0.25, 0.3) is 0 Å². The molecule has 0 spiro atoms. The Morgan fingerprint density at radius 3 is 2.86 bits per heavy atom. The highest BCUT2D eigenvalue weighted by atomic mass is 32.2. The number of methoxy groups -OCH3 is 1. The maximum absolute atomic E-state index is 14.8. The first-order valence-corrected chi connectivity index (χ1v) is 9.44. The van der Waals surface area contributed by atoms with Gasteiger partial charge in [0, 0.05) is 23.1 Å². The van der Waals surface area contributed by atoms with Crippen molar-refractivity contribution in [2.75, 3.05) is 18.6 Å². The van der Waals surface area contributed by atoms with Crippen LogP contribution in [0, 0.1) is 13.8 Å². The number of aromatic nitrogens is 5. The van der Waals surface area contributed by atoms with E-state index in [1.807, 2.05) is 13.8 Å². The molecule has 0 bridgehead atoms. The number of alkyl halides is 2. The largest absolute Gasteiger partial charge is 0.496 e. The molecule has 11 heteroatoms. The molecule has 0 saturated carbocycles. The van der Waals surface area contributed by atoms with E-state index in [4.69, 9.17) is 10.5 Å². The quantitative estimate of drug-likeness (QED) is 0.633. The fourth-order valence-electron chi connectivity index (χ4n) is 3.30. The number of aryl methyl sites for hydroxylation is 1. The number of rotatable bonds is 3. The van der Waals surface area contributed by atoms with E-state index >= 15 is 0 Å². The van der Waals surface area contributed by atoms with Crippen LogP contribution in [0.4, 0.5) is 14.7 Å². The van der Waals surface area contributed by atoms with Gasteiger partial charge in [-0.1, -0.05) is 0 Å². The van der Waals surface area contributed by atoms with Gasteiger partial charge in [0.05, 0.1) is 24.7 Å². The summed E-state index contributed by atoms with van der Waals surface area (Å²) in [4.78, 5) is 12.6. The molecule has 0 amide bonds. The summed E-state index contributed by atoms with van der Waals surface area (Å²) in [6.07, 6.45) is -0.237. The molecular weight excluding hydrogens is 390 g/mol. The first-order chi connectivity index (χ1) is 13.2. The Morgan fingerprint density at radius 1 is 1.39 bits per heavy atom. The lowest BCUT2D eigenvalue weighted by Gasteiger charge is -2.18. The number of hydrogen-bond donors (Lipinski definition) is 2. The number of aliphatic hydroxyl groups excluding tert-OH is 1. The molecule has 3 aromatic heterocycles. The summed E-state index contributed by atoms with van der Waals surface area (Å²) >= 11 is 1.01. The Bertz CT molecular complexity index is 1090. The molecule has 0 saturated heterocycles. The van der Waals surface area contributed by atoms with Gasteiger partial charge in [-0.15, -0.1) is 11.8 Å².